The van der Waals surface area contributed by atoms with Crippen LogP contribution in [0, 0.1) is 0 Å². The van der Waals surface area contributed by atoms with Gasteiger partial charge in [-0.25, -0.2) is 0 Å². The lowest BCUT2D eigenvalue weighted by molar-refractivity contribution is 1.36. The molecule has 0 bridgehead atoms. The molecule has 0 radical (unpaired) electrons. The van der Waals surface area contributed by atoms with Gasteiger partial charge in [-0.1, -0.05) is 103 Å². The Morgan fingerprint density at radius 1 is 0.364 bits per heavy atom. The van der Waals surface area contributed by atoms with Crippen LogP contribution in [0.5, 0.6) is 0 Å². The fraction of sp³-hybridized carbons (Fsp3) is 0. The Bertz CT molecular complexity index is 2070. The first kappa shape index (κ1) is 17.2. The van der Waals surface area contributed by atoms with Crippen molar-refractivity contribution in [2.24, 2.45) is 0 Å². The molecule has 8 aromatic rings. The highest BCUT2D eigenvalue weighted by Crippen LogP contribution is 2.43. The van der Waals surface area contributed by atoms with Crippen LogP contribution >= 0.6 is 0 Å². The molecular weight excluding hydrogens is 398 g/mol. The van der Waals surface area contributed by atoms with E-state index in [9.17, 15) is 0 Å². The lowest BCUT2D eigenvalue weighted by Gasteiger charge is -2.17. The second-order valence-corrected chi connectivity index (χ2v) is 8.95. The van der Waals surface area contributed by atoms with E-state index in [1.54, 1.807) is 0 Å². The second kappa shape index (κ2) is 6.11. The molecule has 0 saturated carbocycles. The van der Waals surface area contributed by atoms with Gasteiger partial charge in [-0.05, 0) is 44.5 Å². The number of benzene rings is 6. The molecular formula is C32H19N. The summed E-state index contributed by atoms with van der Waals surface area (Å²) in [4.78, 5) is 0. The maximum Gasteiger partial charge on any atom is 0.0625 e. The van der Waals surface area contributed by atoms with Crippen LogP contribution in [0.1, 0.15) is 0 Å². The van der Waals surface area contributed by atoms with Crippen molar-refractivity contribution in [2.45, 2.75) is 0 Å². The van der Waals surface area contributed by atoms with Gasteiger partial charge in [0, 0.05) is 21.5 Å². The minimum Gasteiger partial charge on any atom is -0.308 e. The Balaban J connectivity index is 1.87. The van der Waals surface area contributed by atoms with Crippen LogP contribution in [0.15, 0.2) is 115 Å². The summed E-state index contributed by atoms with van der Waals surface area (Å²) in [5.74, 6) is 0. The maximum absolute atomic E-state index is 2.51. The van der Waals surface area contributed by atoms with Crippen molar-refractivity contribution in [3.8, 4) is 0 Å². The van der Waals surface area contributed by atoms with E-state index in [0.717, 1.165) is 0 Å². The van der Waals surface area contributed by atoms with E-state index in [0.29, 0.717) is 0 Å². The number of pyridine rings is 1. The highest BCUT2D eigenvalue weighted by molar-refractivity contribution is 6.35. The Kier molecular flexibility index (Phi) is 3.19. The summed E-state index contributed by atoms with van der Waals surface area (Å²) in [5, 5.41) is 13.1. The monoisotopic (exact) mass is 417 g/mol. The SMILES string of the molecule is c1ccc2c(c1)ccc1c2c2cc3ccccc3n2c2c3ccccc3c3ccccc3c12. The van der Waals surface area contributed by atoms with Crippen LogP contribution in [0.3, 0.4) is 0 Å². The van der Waals surface area contributed by atoms with Gasteiger partial charge in [0.2, 0.25) is 0 Å². The van der Waals surface area contributed by atoms with E-state index in [1.807, 2.05) is 0 Å². The molecule has 0 aliphatic heterocycles. The molecule has 2 aromatic heterocycles. The first-order chi connectivity index (χ1) is 16.4. The summed E-state index contributed by atoms with van der Waals surface area (Å²) in [5.41, 5.74) is 3.83. The third-order valence-electron chi connectivity index (χ3n) is 7.29. The molecule has 2 heterocycles. The number of aromatic nitrogens is 1. The predicted molar refractivity (Wildman–Crippen MR) is 142 cm³/mol. The topological polar surface area (TPSA) is 4.41 Å². The molecule has 33 heavy (non-hydrogen) atoms. The van der Waals surface area contributed by atoms with Gasteiger partial charge in [-0.3, -0.25) is 0 Å². The van der Waals surface area contributed by atoms with Crippen LogP contribution in [-0.2, 0) is 0 Å². The van der Waals surface area contributed by atoms with Gasteiger partial charge in [-0.2, -0.15) is 0 Å². The largest absolute Gasteiger partial charge is 0.308 e. The first-order valence-corrected chi connectivity index (χ1v) is 11.5. The van der Waals surface area contributed by atoms with Crippen LogP contribution in [0.4, 0.5) is 0 Å². The average Bonchev–Trinajstić information content (AvgIpc) is 3.27. The fourth-order valence-electron chi connectivity index (χ4n) is 5.96. The van der Waals surface area contributed by atoms with Gasteiger partial charge < -0.3 is 4.40 Å². The van der Waals surface area contributed by atoms with Crippen LogP contribution < -0.4 is 0 Å². The molecule has 0 amide bonds. The summed E-state index contributed by atoms with van der Waals surface area (Å²) < 4.78 is 2.51. The molecule has 0 atom stereocenters. The highest BCUT2D eigenvalue weighted by Gasteiger charge is 2.18. The van der Waals surface area contributed by atoms with Gasteiger partial charge in [0.1, 0.15) is 0 Å². The molecule has 0 unspecified atom stereocenters. The molecule has 0 fully saturated rings. The van der Waals surface area contributed by atoms with Crippen molar-refractivity contribution in [1.82, 2.24) is 4.40 Å². The number of para-hydroxylation sites is 1. The van der Waals surface area contributed by atoms with Crippen molar-refractivity contribution in [3.05, 3.63) is 115 Å². The van der Waals surface area contributed by atoms with E-state index in [2.05, 4.69) is 120 Å². The predicted octanol–water partition coefficient (Wildman–Crippen LogP) is 8.86. The third kappa shape index (κ3) is 2.12. The average molecular weight is 418 g/mol. The number of fused-ring (bicyclic) bond motifs is 15. The Morgan fingerprint density at radius 2 is 0.970 bits per heavy atom. The summed E-state index contributed by atoms with van der Waals surface area (Å²) in [6.07, 6.45) is 0. The number of rotatable bonds is 0. The fourth-order valence-corrected chi connectivity index (χ4v) is 5.96. The van der Waals surface area contributed by atoms with Crippen LogP contribution in [0.25, 0.3) is 70.4 Å². The maximum atomic E-state index is 2.51. The standard InChI is InChI=1S/C32H19N/c1-3-11-22-20(9-1)17-18-27-30(22)29-19-21-10-2-8-16-28(21)33(29)32-26-15-7-5-13-24(26)23-12-4-6-14-25(23)31(27)32/h1-19H. The minimum atomic E-state index is 1.26. The Morgan fingerprint density at radius 3 is 1.79 bits per heavy atom. The zero-order valence-corrected chi connectivity index (χ0v) is 17.9. The zero-order valence-electron chi connectivity index (χ0n) is 17.9. The van der Waals surface area contributed by atoms with E-state index in [-0.39, 0.29) is 0 Å². The lowest BCUT2D eigenvalue weighted by atomic mass is 9.92. The molecule has 0 spiro atoms. The van der Waals surface area contributed by atoms with Crippen LogP contribution in [-0.4, -0.2) is 4.40 Å². The van der Waals surface area contributed by atoms with Gasteiger partial charge in [0.05, 0.1) is 16.6 Å². The molecule has 0 N–H and O–H groups in total. The summed E-state index contributed by atoms with van der Waals surface area (Å²) in [6, 6.07) is 42.3. The number of hydrogen-bond donors (Lipinski definition) is 0. The van der Waals surface area contributed by atoms with E-state index in [4.69, 9.17) is 0 Å². The van der Waals surface area contributed by atoms with E-state index in [1.165, 1.54) is 70.4 Å². The van der Waals surface area contributed by atoms with Gasteiger partial charge >= 0.3 is 0 Å². The molecule has 1 nitrogen and oxygen atoms in total. The molecule has 6 aromatic carbocycles. The van der Waals surface area contributed by atoms with Crippen molar-refractivity contribution in [1.29, 1.82) is 0 Å². The van der Waals surface area contributed by atoms with E-state index < -0.39 is 0 Å². The van der Waals surface area contributed by atoms with Crippen molar-refractivity contribution in [3.63, 3.8) is 0 Å². The molecule has 0 aliphatic rings. The molecule has 8 rings (SSSR count). The Hall–Kier alpha value is -4.36. The minimum absolute atomic E-state index is 1.26. The summed E-state index contributed by atoms with van der Waals surface area (Å²) in [7, 11) is 0. The third-order valence-corrected chi connectivity index (χ3v) is 7.29. The quantitative estimate of drug-likeness (QED) is 0.217. The van der Waals surface area contributed by atoms with E-state index >= 15 is 0 Å². The summed E-state index contributed by atoms with van der Waals surface area (Å²) >= 11 is 0. The highest BCUT2D eigenvalue weighted by atomic mass is 14.9. The molecule has 1 heteroatoms. The smallest absolute Gasteiger partial charge is 0.0625 e. The van der Waals surface area contributed by atoms with Gasteiger partial charge in [0.15, 0.2) is 0 Å². The zero-order chi connectivity index (χ0) is 21.5. The van der Waals surface area contributed by atoms with Crippen molar-refractivity contribution in [2.75, 3.05) is 0 Å². The second-order valence-electron chi connectivity index (χ2n) is 8.95. The first-order valence-electron chi connectivity index (χ1n) is 11.5. The molecule has 0 aliphatic carbocycles. The lowest BCUT2D eigenvalue weighted by Crippen LogP contribution is -1.94. The molecule has 152 valence electrons. The van der Waals surface area contributed by atoms with Gasteiger partial charge in [0.25, 0.3) is 0 Å². The number of hydrogen-bond acceptors (Lipinski definition) is 0. The van der Waals surface area contributed by atoms with Gasteiger partial charge in [-0.15, -0.1) is 0 Å². The van der Waals surface area contributed by atoms with Crippen molar-refractivity contribution >= 4 is 70.4 Å². The number of nitrogens with zero attached hydrogens (tertiary/aromatic N) is 1. The summed E-state index contributed by atoms with van der Waals surface area (Å²) in [6.45, 7) is 0. The normalized spacial score (nSPS) is 12.2. The Labute approximate surface area is 190 Å². The molecule has 0 saturated heterocycles. The van der Waals surface area contributed by atoms with Crippen molar-refractivity contribution < 1.29 is 0 Å². The van der Waals surface area contributed by atoms with Crippen LogP contribution in [0.2, 0.25) is 0 Å².